The summed E-state index contributed by atoms with van der Waals surface area (Å²) in [7, 11) is 0. The number of fused-ring (bicyclic) bond motifs is 5. The first-order valence-corrected chi connectivity index (χ1v) is 9.64. The third kappa shape index (κ3) is 3.09. The van der Waals surface area contributed by atoms with Crippen LogP contribution in [-0.4, -0.2) is 34.0 Å². The molecule has 1 unspecified atom stereocenters. The predicted octanol–water partition coefficient (Wildman–Crippen LogP) is -1.40. The molecule has 29 heavy (non-hydrogen) atoms. The van der Waals surface area contributed by atoms with Crippen LogP contribution in [-0.2, 0) is 16.0 Å². The molecule has 6 heteroatoms. The number of nitrogens with zero attached hydrogens (tertiary/aromatic N) is 1. The molecule has 0 radical (unpaired) electrons. The van der Waals surface area contributed by atoms with E-state index in [0.717, 1.165) is 35.1 Å². The van der Waals surface area contributed by atoms with Gasteiger partial charge in [0.2, 0.25) is 5.91 Å². The molecule has 3 aliphatic rings. The maximum Gasteiger partial charge on any atom is 1.00 e. The number of β-lactam (4-membered cyclic amide) rings is 1. The number of aliphatic carboxylic acids is 1. The van der Waals surface area contributed by atoms with E-state index < -0.39 is 18.0 Å². The van der Waals surface area contributed by atoms with Gasteiger partial charge in [-0.15, -0.1) is 0 Å². The van der Waals surface area contributed by atoms with Crippen LogP contribution in [0.25, 0.3) is 16.7 Å². The molecule has 2 aromatic carbocycles. The molecule has 0 saturated carbocycles. The molecule has 2 aromatic rings. The Kier molecular flexibility index (Phi) is 5.61. The Morgan fingerprint density at radius 1 is 1.17 bits per heavy atom. The number of amides is 1. The molecule has 0 bridgehead atoms. The monoisotopic (exact) mass is 413 g/mol. The summed E-state index contributed by atoms with van der Waals surface area (Å²) < 4.78 is 0. The molecule has 1 aliphatic carbocycles. The quantitative estimate of drug-likeness (QED) is 0.496. The minimum Gasteiger partial charge on any atom is -0.543 e. The van der Waals surface area contributed by atoms with E-state index in [1.54, 1.807) is 6.92 Å². The zero-order valence-corrected chi connectivity index (χ0v) is 19.6. The van der Waals surface area contributed by atoms with Crippen molar-refractivity contribution >= 4 is 17.4 Å². The van der Waals surface area contributed by atoms with Crippen LogP contribution in [0.1, 0.15) is 24.5 Å². The predicted molar refractivity (Wildman–Crippen MR) is 101 cm³/mol. The first-order valence-electron chi connectivity index (χ1n) is 9.64. The number of carbonyl (C=O) groups is 2. The van der Waals surface area contributed by atoms with Gasteiger partial charge in [-0.05, 0) is 53.7 Å². The van der Waals surface area contributed by atoms with Crippen molar-refractivity contribution in [2.45, 2.75) is 31.9 Å². The summed E-state index contributed by atoms with van der Waals surface area (Å²) in [6.07, 6.45) is 0.791. The molecule has 1 N–H and O–H groups in total. The molecule has 5 nitrogen and oxygen atoms in total. The van der Waals surface area contributed by atoms with Gasteiger partial charge in [-0.2, -0.15) is 0 Å². The number of hydrogen-bond donors (Lipinski definition) is 1. The second kappa shape index (κ2) is 7.76. The minimum atomic E-state index is -1.32. The van der Waals surface area contributed by atoms with Crippen molar-refractivity contribution in [3.63, 3.8) is 0 Å². The van der Waals surface area contributed by atoms with Gasteiger partial charge in [-0.25, -0.2) is 0 Å². The van der Waals surface area contributed by atoms with Gasteiger partial charge < -0.3 is 19.9 Å². The van der Waals surface area contributed by atoms with Gasteiger partial charge in [0.15, 0.2) is 0 Å². The van der Waals surface area contributed by atoms with Crippen LogP contribution in [0.3, 0.4) is 0 Å². The standard InChI is InChI=1S/C23H21NO4.K/c1-12(25)18-20-16-10-9-14-7-8-15(13-5-3-2-4-6-13)11-17(14)19(16)21(23(27)28)24(20)22(18)26;/h2-8,11-12,16,18,20,25H,9-10H2,1H3,(H,27,28);/q;+1/p-1/t12-,16+,18-,20?;/m1./s1. The number of aliphatic hydroxyl groups is 1. The number of rotatable bonds is 3. The van der Waals surface area contributed by atoms with Gasteiger partial charge in [0, 0.05) is 5.92 Å². The SMILES string of the molecule is C[C@@H](O)[C@H]1C(=O)N2C(C(=O)[O-])=C3c4cc(-c5ccccc5)ccc4CC[C@@H]3C12.[K+]. The summed E-state index contributed by atoms with van der Waals surface area (Å²) in [6, 6.07) is 15.8. The van der Waals surface area contributed by atoms with Gasteiger partial charge in [-0.3, -0.25) is 4.79 Å². The summed E-state index contributed by atoms with van der Waals surface area (Å²) in [5, 5.41) is 22.1. The van der Waals surface area contributed by atoms with Crippen LogP contribution >= 0.6 is 0 Å². The number of hydrogen-bond acceptors (Lipinski definition) is 4. The topological polar surface area (TPSA) is 80.7 Å². The average Bonchev–Trinajstić information content (AvgIpc) is 2.99. The van der Waals surface area contributed by atoms with Crippen LogP contribution in [0, 0.1) is 11.8 Å². The van der Waals surface area contributed by atoms with Crippen molar-refractivity contribution in [3.05, 3.63) is 65.4 Å². The minimum absolute atomic E-state index is 0. The summed E-state index contributed by atoms with van der Waals surface area (Å²) >= 11 is 0. The molecular weight excluding hydrogens is 393 g/mol. The maximum absolute atomic E-state index is 12.6. The van der Waals surface area contributed by atoms with Crippen molar-refractivity contribution in [3.8, 4) is 11.1 Å². The van der Waals surface area contributed by atoms with Gasteiger partial charge in [0.25, 0.3) is 0 Å². The van der Waals surface area contributed by atoms with E-state index in [0.29, 0.717) is 5.57 Å². The van der Waals surface area contributed by atoms with E-state index in [-0.39, 0.29) is 74.9 Å². The Morgan fingerprint density at radius 2 is 1.90 bits per heavy atom. The first-order chi connectivity index (χ1) is 13.5. The number of carbonyl (C=O) groups excluding carboxylic acids is 2. The Morgan fingerprint density at radius 3 is 2.55 bits per heavy atom. The fourth-order valence-electron chi connectivity index (χ4n) is 5.21. The first kappa shape index (κ1) is 21.0. The van der Waals surface area contributed by atoms with E-state index in [2.05, 4.69) is 12.1 Å². The Bertz CT molecular complexity index is 1030. The van der Waals surface area contributed by atoms with Crippen LogP contribution < -0.4 is 56.5 Å². The molecule has 1 fully saturated rings. The fraction of sp³-hybridized carbons (Fsp3) is 0.304. The van der Waals surface area contributed by atoms with Gasteiger partial charge in [0.1, 0.15) is 0 Å². The normalized spacial score (nSPS) is 25.4. The van der Waals surface area contributed by atoms with E-state index in [4.69, 9.17) is 0 Å². The zero-order chi connectivity index (χ0) is 19.6. The summed E-state index contributed by atoms with van der Waals surface area (Å²) in [6.45, 7) is 1.60. The smallest absolute Gasteiger partial charge is 0.543 e. The number of benzene rings is 2. The fourth-order valence-corrected chi connectivity index (χ4v) is 5.21. The largest absolute Gasteiger partial charge is 1.00 e. The summed E-state index contributed by atoms with van der Waals surface area (Å²) in [5.41, 5.74) is 4.74. The molecule has 2 aliphatic heterocycles. The molecule has 2 heterocycles. The summed E-state index contributed by atoms with van der Waals surface area (Å²) in [4.78, 5) is 25.9. The van der Waals surface area contributed by atoms with E-state index in [1.165, 1.54) is 4.90 Å². The number of aliphatic hydroxyl groups excluding tert-OH is 1. The molecule has 0 spiro atoms. The molecule has 142 valence electrons. The van der Waals surface area contributed by atoms with Crippen LogP contribution in [0.15, 0.2) is 54.2 Å². The molecule has 1 saturated heterocycles. The van der Waals surface area contributed by atoms with Crippen molar-refractivity contribution in [2.24, 2.45) is 11.8 Å². The van der Waals surface area contributed by atoms with Crippen LogP contribution in [0.5, 0.6) is 0 Å². The third-order valence-corrected chi connectivity index (χ3v) is 6.41. The second-order valence-electron chi connectivity index (χ2n) is 7.90. The van der Waals surface area contributed by atoms with Gasteiger partial charge in [0.05, 0.1) is 29.7 Å². The van der Waals surface area contributed by atoms with Gasteiger partial charge in [-0.1, -0.05) is 42.5 Å². The van der Waals surface area contributed by atoms with Crippen molar-refractivity contribution in [1.82, 2.24) is 4.90 Å². The van der Waals surface area contributed by atoms with Crippen molar-refractivity contribution in [2.75, 3.05) is 0 Å². The molecule has 5 rings (SSSR count). The van der Waals surface area contributed by atoms with Crippen LogP contribution in [0.4, 0.5) is 0 Å². The molecule has 0 aromatic heterocycles. The number of carboxylic acid groups (broad SMARTS) is 1. The number of aryl methyl sites for hydroxylation is 1. The van der Waals surface area contributed by atoms with Crippen molar-refractivity contribution < 1.29 is 71.2 Å². The molecule has 4 atom stereocenters. The molecular formula is C23H20KNO4. The Balaban J connectivity index is 0.00000205. The molecule has 1 amide bonds. The zero-order valence-electron chi connectivity index (χ0n) is 16.5. The Labute approximate surface area is 211 Å². The summed E-state index contributed by atoms with van der Waals surface area (Å²) in [5.74, 6) is -2.26. The Hall–Kier alpha value is -1.28. The number of carboxylic acids is 1. The van der Waals surface area contributed by atoms with Crippen LogP contribution in [0.2, 0.25) is 0 Å². The van der Waals surface area contributed by atoms with Crippen molar-refractivity contribution in [1.29, 1.82) is 0 Å². The van der Waals surface area contributed by atoms with E-state index >= 15 is 0 Å². The van der Waals surface area contributed by atoms with E-state index in [1.807, 2.05) is 36.4 Å². The maximum atomic E-state index is 12.6. The third-order valence-electron chi connectivity index (χ3n) is 6.41. The van der Waals surface area contributed by atoms with Gasteiger partial charge >= 0.3 is 51.4 Å². The second-order valence-corrected chi connectivity index (χ2v) is 7.90. The van der Waals surface area contributed by atoms with E-state index in [9.17, 15) is 19.8 Å². The average molecular weight is 414 g/mol.